The van der Waals surface area contributed by atoms with Crippen LogP contribution in [0.1, 0.15) is 41.0 Å². The highest BCUT2D eigenvalue weighted by molar-refractivity contribution is 6.02. The van der Waals surface area contributed by atoms with Gasteiger partial charge in [-0.25, -0.2) is 0 Å². The Bertz CT molecular complexity index is 742. The monoisotopic (exact) mass is 364 g/mol. The number of fused-ring (bicyclic) bond motifs is 3. The van der Waals surface area contributed by atoms with Gasteiger partial charge in [0.05, 0.1) is 0 Å². The molecule has 7 heteroatoms. The van der Waals surface area contributed by atoms with Crippen molar-refractivity contribution in [3.8, 4) is 0 Å². The Balaban J connectivity index is 1.65. The van der Waals surface area contributed by atoms with Gasteiger partial charge in [-0.1, -0.05) is 13.8 Å². The zero-order valence-electron chi connectivity index (χ0n) is 15.7. The third kappa shape index (κ3) is 2.23. The molecule has 3 fully saturated rings. The topological polar surface area (TPSA) is 94.7 Å². The van der Waals surface area contributed by atoms with Crippen LogP contribution in [0.3, 0.4) is 0 Å². The Morgan fingerprint density at radius 3 is 2.58 bits per heavy atom. The van der Waals surface area contributed by atoms with Gasteiger partial charge in [0.2, 0.25) is 0 Å². The zero-order chi connectivity index (χ0) is 19.1. The maximum Gasteiger partial charge on any atom is 0.303 e. The molecule has 0 radical (unpaired) electrons. The summed E-state index contributed by atoms with van der Waals surface area (Å²) in [7, 11) is 0. The number of hydrogen-bond acceptors (Lipinski definition) is 7. The number of ketones is 1. The van der Waals surface area contributed by atoms with Crippen molar-refractivity contribution in [3.05, 3.63) is 11.6 Å². The lowest BCUT2D eigenvalue weighted by atomic mass is 9.56. The van der Waals surface area contributed by atoms with E-state index in [1.54, 1.807) is 13.0 Å². The van der Waals surface area contributed by atoms with E-state index in [1.165, 1.54) is 13.8 Å². The fourth-order valence-electron chi connectivity index (χ4n) is 4.87. The summed E-state index contributed by atoms with van der Waals surface area (Å²) in [5.41, 5.74) is -1.28. The zero-order valence-corrected chi connectivity index (χ0v) is 15.7. The van der Waals surface area contributed by atoms with Gasteiger partial charge in [0, 0.05) is 25.2 Å². The second-order valence-corrected chi connectivity index (χ2v) is 8.38. The van der Waals surface area contributed by atoms with Crippen LogP contribution >= 0.6 is 0 Å². The minimum absolute atomic E-state index is 0.0337. The van der Waals surface area contributed by atoms with Crippen molar-refractivity contribution in [1.82, 2.24) is 0 Å². The molecule has 2 heterocycles. The van der Waals surface area contributed by atoms with E-state index in [2.05, 4.69) is 6.92 Å². The number of carbonyl (C=O) groups excluding carboxylic acids is 3. The number of carbonyl (C=O) groups is 3. The molecule has 7 unspecified atom stereocenters. The lowest BCUT2D eigenvalue weighted by molar-refractivity contribution is -0.153. The van der Waals surface area contributed by atoms with Crippen molar-refractivity contribution >= 4 is 17.7 Å². The van der Waals surface area contributed by atoms with Crippen LogP contribution in [0.2, 0.25) is 0 Å². The molecule has 1 spiro atoms. The SMILES string of the molecule is CC(=O)OCC1(C)OC12CC1(C)C(=CC2=O)C2OC2C(OC(C)=O)C1C. The molecule has 142 valence electrons. The quantitative estimate of drug-likeness (QED) is 0.551. The molecule has 0 amide bonds. The highest BCUT2D eigenvalue weighted by Crippen LogP contribution is 2.65. The molecular formula is C19H24O7. The molecule has 2 aliphatic heterocycles. The summed E-state index contributed by atoms with van der Waals surface area (Å²) in [6, 6.07) is 0. The molecule has 2 aliphatic carbocycles. The van der Waals surface area contributed by atoms with Gasteiger partial charge in [-0.05, 0) is 25.0 Å². The van der Waals surface area contributed by atoms with E-state index in [1.807, 2.05) is 6.92 Å². The average molecular weight is 364 g/mol. The standard InChI is InChI=1S/C19H24O7/c1-9-14(24-11(3)21)16-15(25-16)12-6-13(22)19(7-17(9,12)4)18(5,26-19)8-23-10(2)20/h6,9,14-16H,7-8H2,1-5H3. The van der Waals surface area contributed by atoms with Crippen molar-refractivity contribution in [3.63, 3.8) is 0 Å². The maximum atomic E-state index is 12.9. The van der Waals surface area contributed by atoms with Crippen LogP contribution < -0.4 is 0 Å². The number of epoxide rings is 2. The molecule has 0 aromatic rings. The lowest BCUT2D eigenvalue weighted by Gasteiger charge is -2.47. The van der Waals surface area contributed by atoms with Crippen LogP contribution in [0.4, 0.5) is 0 Å². The first-order chi connectivity index (χ1) is 12.0. The molecule has 2 saturated heterocycles. The summed E-state index contributed by atoms with van der Waals surface area (Å²) in [4.78, 5) is 35.6. The van der Waals surface area contributed by atoms with Crippen molar-refractivity contribution in [2.45, 2.75) is 70.6 Å². The second-order valence-electron chi connectivity index (χ2n) is 8.38. The van der Waals surface area contributed by atoms with Crippen LogP contribution in [0.25, 0.3) is 0 Å². The minimum Gasteiger partial charge on any atom is -0.463 e. The predicted molar refractivity (Wildman–Crippen MR) is 88.0 cm³/mol. The van der Waals surface area contributed by atoms with Gasteiger partial charge in [-0.3, -0.25) is 14.4 Å². The molecule has 26 heavy (non-hydrogen) atoms. The molecule has 7 atom stereocenters. The van der Waals surface area contributed by atoms with Crippen molar-refractivity contribution in [2.75, 3.05) is 6.61 Å². The van der Waals surface area contributed by atoms with Crippen LogP contribution in [0.15, 0.2) is 11.6 Å². The minimum atomic E-state index is -1.00. The summed E-state index contributed by atoms with van der Waals surface area (Å²) >= 11 is 0. The van der Waals surface area contributed by atoms with Gasteiger partial charge < -0.3 is 18.9 Å². The van der Waals surface area contributed by atoms with E-state index in [9.17, 15) is 14.4 Å². The van der Waals surface area contributed by atoms with Crippen molar-refractivity contribution in [1.29, 1.82) is 0 Å². The van der Waals surface area contributed by atoms with Gasteiger partial charge in [-0.2, -0.15) is 0 Å². The smallest absolute Gasteiger partial charge is 0.303 e. The molecule has 0 N–H and O–H groups in total. The van der Waals surface area contributed by atoms with Gasteiger partial charge in [0.1, 0.15) is 30.5 Å². The Kier molecular flexibility index (Phi) is 3.51. The second kappa shape index (κ2) is 5.16. The van der Waals surface area contributed by atoms with Crippen LogP contribution in [-0.2, 0) is 33.3 Å². The fraction of sp³-hybridized carbons (Fsp3) is 0.737. The van der Waals surface area contributed by atoms with Gasteiger partial charge in [0.25, 0.3) is 0 Å². The normalized spacial score (nSPS) is 48.2. The van der Waals surface area contributed by atoms with Crippen LogP contribution in [0, 0.1) is 11.3 Å². The van der Waals surface area contributed by atoms with E-state index in [-0.39, 0.29) is 42.6 Å². The number of hydrogen-bond donors (Lipinski definition) is 0. The number of ether oxygens (including phenoxy) is 4. The van der Waals surface area contributed by atoms with Crippen molar-refractivity contribution in [2.24, 2.45) is 11.3 Å². The average Bonchev–Trinajstić information content (AvgIpc) is 3.42. The number of rotatable bonds is 3. The Hall–Kier alpha value is -1.73. The molecule has 0 bridgehead atoms. The largest absolute Gasteiger partial charge is 0.463 e. The highest BCUT2D eigenvalue weighted by Gasteiger charge is 2.77. The Morgan fingerprint density at radius 1 is 1.27 bits per heavy atom. The first-order valence-corrected chi connectivity index (χ1v) is 8.97. The molecule has 1 saturated carbocycles. The molecule has 4 aliphatic rings. The molecule has 0 aromatic carbocycles. The van der Waals surface area contributed by atoms with E-state index >= 15 is 0 Å². The lowest BCUT2D eigenvalue weighted by Crippen LogP contribution is -2.53. The van der Waals surface area contributed by atoms with E-state index in [0.29, 0.717) is 6.42 Å². The predicted octanol–water partition coefficient (Wildman–Crippen LogP) is 1.33. The molecule has 4 rings (SSSR count). The van der Waals surface area contributed by atoms with E-state index in [0.717, 1.165) is 5.57 Å². The Labute approximate surface area is 152 Å². The first kappa shape index (κ1) is 17.7. The number of esters is 2. The third-order valence-electron chi connectivity index (χ3n) is 6.68. The molecule has 7 nitrogen and oxygen atoms in total. The van der Waals surface area contributed by atoms with Gasteiger partial charge >= 0.3 is 11.9 Å². The summed E-state index contributed by atoms with van der Waals surface area (Å²) < 4.78 is 22.3. The van der Waals surface area contributed by atoms with Crippen LogP contribution in [0.5, 0.6) is 0 Å². The van der Waals surface area contributed by atoms with Gasteiger partial charge in [-0.15, -0.1) is 0 Å². The fourth-order valence-corrected chi connectivity index (χ4v) is 4.87. The molecule has 0 aromatic heterocycles. The van der Waals surface area contributed by atoms with Crippen LogP contribution in [-0.4, -0.2) is 53.8 Å². The maximum absolute atomic E-state index is 12.9. The summed E-state index contributed by atoms with van der Waals surface area (Å²) in [5, 5.41) is 0. The third-order valence-corrected chi connectivity index (χ3v) is 6.68. The van der Waals surface area contributed by atoms with Gasteiger partial charge in [0.15, 0.2) is 11.4 Å². The summed E-state index contributed by atoms with van der Waals surface area (Å²) in [5.74, 6) is -0.880. The van der Waals surface area contributed by atoms with E-state index < -0.39 is 22.6 Å². The van der Waals surface area contributed by atoms with E-state index in [4.69, 9.17) is 18.9 Å². The first-order valence-electron chi connectivity index (χ1n) is 8.97. The highest BCUT2D eigenvalue weighted by atomic mass is 16.7. The Morgan fingerprint density at radius 2 is 1.96 bits per heavy atom. The summed E-state index contributed by atoms with van der Waals surface area (Å²) in [6.45, 7) is 8.65. The summed E-state index contributed by atoms with van der Waals surface area (Å²) in [6.07, 6.45) is 1.40. The van der Waals surface area contributed by atoms with Crippen molar-refractivity contribution < 1.29 is 33.3 Å². The molecular weight excluding hydrogens is 340 g/mol.